The minimum absolute atomic E-state index is 0.873. The number of hydrogen-bond acceptors (Lipinski definition) is 4. The molecule has 0 fully saturated rings. The van der Waals surface area contributed by atoms with Gasteiger partial charge in [-0.05, 0) is 193 Å². The van der Waals surface area contributed by atoms with Crippen LogP contribution < -0.4 is 41.5 Å². The largest absolute Gasteiger partial charge is 0.294 e. The van der Waals surface area contributed by atoms with Crippen molar-refractivity contribution in [2.24, 2.45) is 0 Å². The molecule has 16 aromatic carbocycles. The third-order valence-corrected chi connectivity index (χ3v) is 38.0. The normalized spacial score (nSPS) is 14.4. The van der Waals surface area contributed by atoms with Crippen molar-refractivity contribution in [2.75, 3.05) is 0 Å². The third kappa shape index (κ3) is 8.33. The van der Waals surface area contributed by atoms with Gasteiger partial charge in [0.2, 0.25) is 0 Å². The van der Waals surface area contributed by atoms with Crippen LogP contribution in [0.1, 0.15) is 0 Å². The zero-order chi connectivity index (χ0) is 74.2. The lowest BCUT2D eigenvalue weighted by atomic mass is 9.91. The quantitative estimate of drug-likeness (QED) is 0.165. The van der Waals surface area contributed by atoms with Crippen LogP contribution >= 0.6 is 22.7 Å². The Hall–Kier alpha value is -13.7. The van der Waals surface area contributed by atoms with Crippen LogP contribution in [0, 0.1) is 0 Å². The van der Waals surface area contributed by atoms with Crippen molar-refractivity contribution in [3.05, 3.63) is 376 Å². The fourth-order valence-corrected chi connectivity index (χ4v) is 34.7. The molecule has 4 nitrogen and oxygen atoms in total. The fraction of sp³-hybridized carbons (Fsp3) is 0. The smallest absolute Gasteiger partial charge is 0.182 e. The molecule has 4 aliphatic rings. The number of nitrogens with zero attached hydrogens (tertiary/aromatic N) is 4. The number of benzene rings is 16. The van der Waals surface area contributed by atoms with Crippen LogP contribution in [0.4, 0.5) is 0 Å². The molecule has 2 spiro atoms. The molecule has 6 aromatic heterocycles. The average molecular weight is 1510 g/mol. The molecule has 0 bridgehead atoms. The average Bonchev–Trinajstić information content (AvgIpc) is 1.50. The van der Waals surface area contributed by atoms with Gasteiger partial charge in [0.15, 0.2) is 16.1 Å². The van der Waals surface area contributed by atoms with Gasteiger partial charge >= 0.3 is 0 Å². The number of rotatable bonds is 3. The highest BCUT2D eigenvalue weighted by Crippen LogP contribution is 2.49. The van der Waals surface area contributed by atoms with Crippen molar-refractivity contribution >= 4 is 164 Å². The maximum Gasteiger partial charge on any atom is 0.182 e. The van der Waals surface area contributed by atoms with Gasteiger partial charge < -0.3 is 0 Å². The summed E-state index contributed by atoms with van der Waals surface area (Å²) >= 11 is 3.84. The Labute approximate surface area is 666 Å². The zero-order valence-electron chi connectivity index (χ0n) is 61.4. The van der Waals surface area contributed by atoms with Gasteiger partial charge in [-0.3, -0.25) is 9.13 Å². The van der Waals surface area contributed by atoms with E-state index in [0.29, 0.717) is 0 Å². The third-order valence-electron chi connectivity index (χ3n) is 25.8. The SMILES string of the molecule is c1ccc2c(c1)-c1cc3sc4ccccc4c3cc1[Si]1(c3ccccc3-c3ccc(-c4ccc5c(c4)c4ccccc4n5-c4ccc5c(n4)-c4ccccc4[Si]4(c6ccccc6-c6ccc(-n7c8ccccc8c8ccccc87)nc6-c6ccccc64)c4ccccc4-5)cc3-c3ccccc31)c1cc3c(cc1-2)sc1ccccc13. The first-order valence-corrected chi connectivity index (χ1v) is 45.0. The lowest BCUT2D eigenvalue weighted by Gasteiger charge is -2.37. The number of para-hydroxylation sites is 3. The van der Waals surface area contributed by atoms with Crippen molar-refractivity contribution in [3.63, 3.8) is 0 Å². The summed E-state index contributed by atoms with van der Waals surface area (Å²) in [6.45, 7) is 0. The van der Waals surface area contributed by atoms with Gasteiger partial charge in [0.1, 0.15) is 11.6 Å². The van der Waals surface area contributed by atoms with Crippen molar-refractivity contribution < 1.29 is 0 Å². The summed E-state index contributed by atoms with van der Waals surface area (Å²) in [5.74, 6) is 1.77. The number of pyridine rings is 2. The molecule has 8 heteroatoms. The monoisotopic (exact) mass is 1510 g/mol. The van der Waals surface area contributed by atoms with Crippen LogP contribution in [0.5, 0.6) is 0 Å². The molecule has 0 aliphatic carbocycles. The Kier molecular flexibility index (Phi) is 13.0. The molecule has 10 heterocycles. The molecule has 1 atom stereocenters. The maximum absolute atomic E-state index is 6.08. The first-order valence-electron chi connectivity index (χ1n) is 39.3. The van der Waals surface area contributed by atoms with Gasteiger partial charge in [-0.25, -0.2) is 9.97 Å². The zero-order valence-corrected chi connectivity index (χ0v) is 65.0. The summed E-state index contributed by atoms with van der Waals surface area (Å²) in [6, 6.07) is 144. The molecule has 0 radical (unpaired) electrons. The van der Waals surface area contributed by atoms with E-state index < -0.39 is 16.1 Å². The van der Waals surface area contributed by atoms with E-state index in [0.717, 1.165) is 72.9 Å². The van der Waals surface area contributed by atoms with Gasteiger partial charge in [-0.15, -0.1) is 22.7 Å². The van der Waals surface area contributed by atoms with Crippen LogP contribution in [0.15, 0.2) is 376 Å². The van der Waals surface area contributed by atoms with E-state index in [9.17, 15) is 0 Å². The lowest BCUT2D eigenvalue weighted by molar-refractivity contribution is 1.08. The predicted molar refractivity (Wildman–Crippen MR) is 487 cm³/mol. The molecule has 22 aromatic rings. The number of hydrogen-bond donors (Lipinski definition) is 0. The van der Waals surface area contributed by atoms with Crippen LogP contribution in [0.25, 0.3) is 196 Å². The van der Waals surface area contributed by atoms with Crippen molar-refractivity contribution in [2.45, 2.75) is 0 Å². The van der Waals surface area contributed by atoms with Gasteiger partial charge in [-0.2, -0.15) is 0 Å². The van der Waals surface area contributed by atoms with Gasteiger partial charge in [-0.1, -0.05) is 291 Å². The van der Waals surface area contributed by atoms with Gasteiger partial charge in [0, 0.05) is 84.1 Å². The summed E-state index contributed by atoms with van der Waals surface area (Å²) in [5.41, 5.74) is 26.1. The van der Waals surface area contributed by atoms with Crippen LogP contribution in [0.2, 0.25) is 0 Å². The molecule has 0 saturated carbocycles. The molecule has 0 amide bonds. The Balaban J connectivity index is 0.655. The highest BCUT2D eigenvalue weighted by molar-refractivity contribution is 7.27. The summed E-state index contributed by atoms with van der Waals surface area (Å²) in [4.78, 5) is 12.0. The summed E-state index contributed by atoms with van der Waals surface area (Å²) < 4.78 is 10.0. The van der Waals surface area contributed by atoms with Crippen molar-refractivity contribution in [3.8, 4) is 112 Å². The van der Waals surface area contributed by atoms with Crippen molar-refractivity contribution in [1.29, 1.82) is 0 Å². The van der Waals surface area contributed by atoms with E-state index in [2.05, 4.69) is 385 Å². The van der Waals surface area contributed by atoms with E-state index in [1.165, 1.54) is 165 Å². The van der Waals surface area contributed by atoms with Crippen molar-refractivity contribution in [1.82, 2.24) is 19.1 Å². The van der Waals surface area contributed by atoms with Gasteiger partial charge in [0.25, 0.3) is 0 Å². The number of fused-ring (bicyclic) bond motifs is 40. The number of thiophene rings is 2. The second-order valence-corrected chi connectivity index (χ2v) is 40.6. The second kappa shape index (κ2) is 23.4. The van der Waals surface area contributed by atoms with Crippen LogP contribution in [0.3, 0.4) is 0 Å². The lowest BCUT2D eigenvalue weighted by Crippen LogP contribution is -2.75. The Morgan fingerprint density at radius 2 is 0.500 bits per heavy atom. The topological polar surface area (TPSA) is 35.6 Å². The summed E-state index contributed by atoms with van der Waals surface area (Å²) in [6.07, 6.45) is 0. The second-order valence-electron chi connectivity index (χ2n) is 31.1. The maximum atomic E-state index is 6.08. The Morgan fingerprint density at radius 3 is 0.965 bits per heavy atom. The molecule has 1 unspecified atom stereocenters. The minimum atomic E-state index is -3.42. The summed E-state index contributed by atoms with van der Waals surface area (Å²) in [5, 5.41) is 21.1. The molecule has 0 N–H and O–H groups in total. The molecule has 526 valence electrons. The molecule has 26 rings (SSSR count). The highest BCUT2D eigenvalue weighted by Gasteiger charge is 2.53. The van der Waals surface area contributed by atoms with E-state index in [-0.39, 0.29) is 0 Å². The van der Waals surface area contributed by atoms with E-state index in [4.69, 9.17) is 9.97 Å². The fourth-order valence-electron chi connectivity index (χ4n) is 21.3. The van der Waals surface area contributed by atoms with E-state index in [1.54, 1.807) is 0 Å². The van der Waals surface area contributed by atoms with Crippen LogP contribution in [-0.2, 0) is 0 Å². The molecular formula is C106H62N4S2Si2. The summed E-state index contributed by atoms with van der Waals surface area (Å²) in [7, 11) is -6.78. The first-order chi connectivity index (χ1) is 56.5. The van der Waals surface area contributed by atoms with E-state index >= 15 is 0 Å². The highest BCUT2D eigenvalue weighted by atomic mass is 32.1. The molecule has 4 aliphatic heterocycles. The first kappa shape index (κ1) is 63.0. The Morgan fingerprint density at radius 1 is 0.184 bits per heavy atom. The standard InChI is InChI=1S/C106H62N4S2Si2/c1-2-26-66-65(25-1)85-59-93-83(71-30-6-17-41-91(71)111-93)61-101(85)114(102-62-84-72-31-7-18-42-92(72)112-94(84)60-86(66)102)95-43-19-8-32-73(95)67-51-49-63(57-81(67)76-35-11-22-46-98(76)114)64-50-54-90-82(58-64)70-29-5-16-40-89(70)110(90)104-56-53-78-75-34-10-21-45-97(75)113(100-48-24-13-37-80(100)106(78)108-104)96-44-20-9-33-74(96)77-52-55-103(107-105(77)79-36-12-23-47-99(79)113)109-87-38-14-3-27-68(87)69-28-4-15-39-88(69)109/h1-62H. The number of aromatic nitrogens is 4. The molecule has 114 heavy (non-hydrogen) atoms. The van der Waals surface area contributed by atoms with E-state index in [1.807, 2.05) is 22.7 Å². The molecular weight excluding hydrogens is 1450 g/mol. The molecule has 0 saturated heterocycles. The van der Waals surface area contributed by atoms with Crippen LogP contribution in [-0.4, -0.2) is 35.2 Å². The predicted octanol–water partition coefficient (Wildman–Crippen LogP) is 22.4. The van der Waals surface area contributed by atoms with Gasteiger partial charge in [0.05, 0.1) is 33.5 Å². The minimum Gasteiger partial charge on any atom is -0.294 e. The Bertz CT molecular complexity index is 7850.